The maximum atomic E-state index is 9.97. The Morgan fingerprint density at radius 2 is 1.19 bits per heavy atom. The van der Waals surface area contributed by atoms with E-state index in [1.54, 1.807) is 12.3 Å². The molecule has 1 aliphatic rings. The molecule has 0 radical (unpaired) electrons. The number of hydrogen-bond acceptors (Lipinski definition) is 4. The van der Waals surface area contributed by atoms with Crippen molar-refractivity contribution < 1.29 is 34.0 Å². The number of benzene rings is 8. The fraction of sp³-hybridized carbons (Fsp3) is 0.194. The van der Waals surface area contributed by atoms with Crippen molar-refractivity contribution in [1.29, 1.82) is 0 Å². The molecule has 6 heteroatoms. The smallest absolute Gasteiger partial charge is 0.135 e. The summed E-state index contributed by atoms with van der Waals surface area (Å²) in [4.78, 5) is 8.89. The molecule has 0 bridgehead atoms. The molecule has 3 heterocycles. The number of ether oxygens (including phenoxy) is 1. The molecule has 5 nitrogen and oxygen atoms in total. The Morgan fingerprint density at radius 1 is 0.575 bits per heavy atom. The van der Waals surface area contributed by atoms with Crippen LogP contribution >= 0.6 is 0 Å². The van der Waals surface area contributed by atoms with Gasteiger partial charge in [0.15, 0.2) is 0 Å². The zero-order valence-corrected chi connectivity index (χ0v) is 45.0. The quantitative estimate of drug-likeness (QED) is 0.135. The van der Waals surface area contributed by atoms with E-state index >= 15 is 0 Å². The van der Waals surface area contributed by atoms with Gasteiger partial charge in [-0.2, -0.15) is 12.1 Å². The number of para-hydroxylation sites is 4. The summed E-state index contributed by atoms with van der Waals surface area (Å²) in [6, 6.07) is 58.7. The van der Waals surface area contributed by atoms with Crippen molar-refractivity contribution in [1.82, 2.24) is 9.55 Å². The third kappa shape index (κ3) is 9.88. The van der Waals surface area contributed by atoms with E-state index in [0.29, 0.717) is 56.5 Å². The van der Waals surface area contributed by atoms with Crippen LogP contribution in [0.15, 0.2) is 188 Å². The van der Waals surface area contributed by atoms with E-state index in [1.165, 1.54) is 0 Å². The molecule has 1 aliphatic heterocycles. The molecule has 0 amide bonds. The number of pyridine rings is 1. The molecule has 0 aliphatic carbocycles. The molecule has 0 N–H and O–H groups in total. The molecular formula is C67H61N4OPt-3. The zero-order chi connectivity index (χ0) is 55.2. The largest absolute Gasteiger partial charge is 0.509 e. The molecule has 368 valence electrons. The first-order valence-corrected chi connectivity index (χ1v) is 24.6. The molecule has 0 unspecified atom stereocenters. The molecule has 11 rings (SSSR count). The Bertz CT molecular complexity index is 3920. The first-order chi connectivity index (χ1) is 37.0. The minimum atomic E-state index is -1.63. The Morgan fingerprint density at radius 3 is 1.89 bits per heavy atom. The van der Waals surface area contributed by atoms with Crippen molar-refractivity contribution in [3.63, 3.8) is 0 Å². The van der Waals surface area contributed by atoms with E-state index < -0.39 is 22.6 Å². The van der Waals surface area contributed by atoms with Crippen molar-refractivity contribution >= 4 is 44.6 Å². The summed E-state index contributed by atoms with van der Waals surface area (Å²) in [6.45, 7) is 20.3. The second-order valence-corrected chi connectivity index (χ2v) is 21.6. The fourth-order valence-corrected chi connectivity index (χ4v) is 9.46. The van der Waals surface area contributed by atoms with Crippen LogP contribution < -0.4 is 14.5 Å². The van der Waals surface area contributed by atoms with Crippen molar-refractivity contribution in [3.8, 4) is 50.7 Å². The third-order valence-electron chi connectivity index (χ3n) is 13.0. The van der Waals surface area contributed by atoms with Crippen LogP contribution in [0.2, 0.25) is 0 Å². The molecule has 0 saturated carbocycles. The summed E-state index contributed by atoms with van der Waals surface area (Å²) >= 11 is 0. The van der Waals surface area contributed by atoms with Gasteiger partial charge in [0.2, 0.25) is 0 Å². The van der Waals surface area contributed by atoms with Gasteiger partial charge in [-0.25, -0.2) is 4.98 Å². The Labute approximate surface area is 454 Å². The monoisotopic (exact) mass is 1140 g/mol. The molecule has 73 heavy (non-hydrogen) atoms. The van der Waals surface area contributed by atoms with Gasteiger partial charge in [-0.3, -0.25) is 0 Å². The average Bonchev–Trinajstić information content (AvgIpc) is 4.17. The summed E-state index contributed by atoms with van der Waals surface area (Å²) in [5, 5.41) is 1.95. The third-order valence-corrected chi connectivity index (χ3v) is 13.0. The minimum absolute atomic E-state index is 0. The van der Waals surface area contributed by atoms with Gasteiger partial charge in [-0.15, -0.1) is 48.1 Å². The summed E-state index contributed by atoms with van der Waals surface area (Å²) in [7, 11) is 0. The average molecular weight is 1140 g/mol. The van der Waals surface area contributed by atoms with Gasteiger partial charge >= 0.3 is 0 Å². The van der Waals surface area contributed by atoms with Crippen LogP contribution in [0, 0.1) is 24.2 Å². The first kappa shape index (κ1) is 42.3. The molecule has 2 aromatic heterocycles. The molecule has 0 saturated heterocycles. The SMILES string of the molecule is [2H]c1cc(-c2ccccc2)cc([2H])c1-c1cccc(-c2c([2H])c(C(C)(C)C)cc(C(C)(C)C)c2[2H])c1N1[CH-]N(c2[c-]c(Oc3[c-]c4c(cc3)c3ccccc3n4-c3cc(C([2H])([2H])C(C)(C)C)ccn3)ccc2)c2ccccc21.[Pt]. The molecule has 0 atom stereocenters. The maximum absolute atomic E-state index is 9.97. The Kier molecular flexibility index (Phi) is 11.2. The van der Waals surface area contributed by atoms with Crippen LogP contribution in [0.5, 0.6) is 11.5 Å². The van der Waals surface area contributed by atoms with Crippen LogP contribution in [0.3, 0.4) is 0 Å². The van der Waals surface area contributed by atoms with E-state index in [0.717, 1.165) is 55.4 Å². The molecule has 8 aromatic carbocycles. The summed E-state index contributed by atoms with van der Waals surface area (Å²) in [6.07, 6.45) is 0.0361. The van der Waals surface area contributed by atoms with E-state index in [1.807, 2.05) is 182 Å². The van der Waals surface area contributed by atoms with Gasteiger partial charge in [-0.1, -0.05) is 189 Å². The first-order valence-electron chi connectivity index (χ1n) is 27.6. The van der Waals surface area contributed by atoms with E-state index in [2.05, 4.69) is 64.6 Å². The molecule has 10 aromatic rings. The number of hydrogen-bond donors (Lipinski definition) is 0. The number of fused-ring (bicyclic) bond motifs is 4. The molecule has 0 fully saturated rings. The van der Waals surface area contributed by atoms with Gasteiger partial charge in [-0.05, 0) is 97.3 Å². The fourth-order valence-electron chi connectivity index (χ4n) is 9.46. The standard InChI is InChI=1S/C67H61N4O.Pt/c1-65(2,3)43-45-35-36-68-63(37-45)71-59-26-14-13-23-57(59)58-34-33-54(42-62(58)71)72-53-22-17-21-52(41-53)69-44-70(61-28-16-15-27-60(61)69)64-55(48-31-29-47(30-32-48)46-19-11-10-12-20-46)24-18-25-56(64)49-38-50(66(4,5)6)40-51(39-49)67(7,8)9;/h10-40,44H,43H2,1-9H3;/q-3;/i31D,32D,38D,39D,43D2;. The van der Waals surface area contributed by atoms with Gasteiger partial charge < -0.3 is 19.1 Å². The van der Waals surface area contributed by atoms with Crippen LogP contribution in [-0.4, -0.2) is 9.55 Å². The second-order valence-electron chi connectivity index (χ2n) is 21.6. The van der Waals surface area contributed by atoms with E-state index in [9.17, 15) is 5.48 Å². The topological polar surface area (TPSA) is 33.5 Å². The number of nitrogens with zero attached hydrogens (tertiary/aromatic N) is 4. The van der Waals surface area contributed by atoms with Crippen molar-refractivity contribution in [2.75, 3.05) is 9.80 Å². The van der Waals surface area contributed by atoms with Crippen molar-refractivity contribution in [2.45, 2.75) is 79.5 Å². The van der Waals surface area contributed by atoms with Gasteiger partial charge in [0.1, 0.15) is 5.82 Å². The van der Waals surface area contributed by atoms with Gasteiger partial charge in [0, 0.05) is 75.2 Å². The predicted molar refractivity (Wildman–Crippen MR) is 301 cm³/mol. The zero-order valence-electron chi connectivity index (χ0n) is 48.7. The Balaban J connectivity index is 0.00000704. The van der Waals surface area contributed by atoms with E-state index in [4.69, 9.17) is 12.5 Å². The van der Waals surface area contributed by atoms with Gasteiger partial charge in [0.25, 0.3) is 0 Å². The molecular weight excluding hydrogens is 1070 g/mol. The van der Waals surface area contributed by atoms with Crippen molar-refractivity contribution in [2.24, 2.45) is 5.41 Å². The van der Waals surface area contributed by atoms with Crippen LogP contribution in [0.1, 0.15) is 87.2 Å². The minimum Gasteiger partial charge on any atom is -0.509 e. The van der Waals surface area contributed by atoms with Crippen LogP contribution in [-0.2, 0) is 38.3 Å². The predicted octanol–water partition coefficient (Wildman–Crippen LogP) is 18.2. The van der Waals surface area contributed by atoms with Crippen LogP contribution in [0.25, 0.3) is 61.0 Å². The number of rotatable bonds is 9. The Hall–Kier alpha value is -7.20. The summed E-state index contributed by atoms with van der Waals surface area (Å²) in [5.41, 5.74) is 9.13. The van der Waals surface area contributed by atoms with E-state index in [-0.39, 0.29) is 45.2 Å². The number of aromatic nitrogens is 2. The van der Waals surface area contributed by atoms with Crippen molar-refractivity contribution in [3.05, 3.63) is 224 Å². The summed E-state index contributed by atoms with van der Waals surface area (Å²) in [5.74, 6) is 1.47. The summed E-state index contributed by atoms with van der Waals surface area (Å²) < 4.78 is 66.0. The van der Waals surface area contributed by atoms with Crippen LogP contribution in [0.4, 0.5) is 22.7 Å². The normalized spacial score (nSPS) is 14.2. The molecule has 0 spiro atoms. The maximum Gasteiger partial charge on any atom is 0.135 e. The van der Waals surface area contributed by atoms with Gasteiger partial charge in [0.05, 0.1) is 5.48 Å². The second kappa shape index (κ2) is 19.3. The number of anilines is 4.